The molecule has 2 aromatic carbocycles. The summed E-state index contributed by atoms with van der Waals surface area (Å²) in [5, 5.41) is 3.43. The number of hydrogen-bond donors (Lipinski definition) is 2. The van der Waals surface area contributed by atoms with Crippen molar-refractivity contribution < 1.29 is 4.74 Å². The van der Waals surface area contributed by atoms with Crippen molar-refractivity contribution in [1.29, 1.82) is 0 Å². The molecule has 4 rings (SSSR count). The lowest BCUT2D eigenvalue weighted by molar-refractivity contribution is 0.0579. The molecule has 0 aromatic heterocycles. The maximum absolute atomic E-state index is 6.67. The number of fused-ring (bicyclic) bond motifs is 5. The molecule has 0 saturated carbocycles. The topological polar surface area (TPSA) is 47.3 Å². The number of para-hydroxylation sites is 1. The molecule has 0 amide bonds. The summed E-state index contributed by atoms with van der Waals surface area (Å²) in [4.78, 5) is 0. The van der Waals surface area contributed by atoms with Crippen molar-refractivity contribution in [3.05, 3.63) is 58.1 Å². The predicted octanol–water partition coefficient (Wildman–Crippen LogP) is 3.29. The highest BCUT2D eigenvalue weighted by atomic mass is 79.9. The van der Waals surface area contributed by atoms with Crippen molar-refractivity contribution >= 4 is 21.6 Å². The number of benzene rings is 2. The van der Waals surface area contributed by atoms with Crippen LogP contribution in [0.1, 0.15) is 18.1 Å². The number of halogens is 1. The molecule has 19 heavy (non-hydrogen) atoms. The van der Waals surface area contributed by atoms with E-state index in [1.54, 1.807) is 0 Å². The second-order valence-corrected chi connectivity index (χ2v) is 6.17. The van der Waals surface area contributed by atoms with Gasteiger partial charge in [0.05, 0.1) is 0 Å². The van der Waals surface area contributed by atoms with Gasteiger partial charge in [-0.25, -0.2) is 0 Å². The highest BCUT2D eigenvalue weighted by Gasteiger charge is 2.61. The van der Waals surface area contributed by atoms with E-state index in [2.05, 4.69) is 27.3 Å². The Morgan fingerprint density at radius 1 is 1.16 bits per heavy atom. The first-order valence-corrected chi connectivity index (χ1v) is 6.99. The minimum atomic E-state index is -0.726. The minimum absolute atomic E-state index is 0.577. The molecule has 0 aliphatic carbocycles. The van der Waals surface area contributed by atoms with Crippen molar-refractivity contribution in [3.8, 4) is 5.75 Å². The Balaban J connectivity index is 1.99. The van der Waals surface area contributed by atoms with Gasteiger partial charge >= 0.3 is 0 Å². The quantitative estimate of drug-likeness (QED) is 0.784. The molecular weight excluding hydrogens is 304 g/mol. The van der Waals surface area contributed by atoms with Crippen LogP contribution in [0.25, 0.3) is 0 Å². The van der Waals surface area contributed by atoms with Crippen LogP contribution in [-0.4, -0.2) is 0 Å². The lowest BCUT2D eigenvalue weighted by Crippen LogP contribution is -2.54. The van der Waals surface area contributed by atoms with Crippen LogP contribution in [0.3, 0.4) is 0 Å². The molecule has 3 nitrogen and oxygen atoms in total. The van der Waals surface area contributed by atoms with Gasteiger partial charge in [-0.1, -0.05) is 34.1 Å². The van der Waals surface area contributed by atoms with E-state index >= 15 is 0 Å². The van der Waals surface area contributed by atoms with Gasteiger partial charge in [-0.2, -0.15) is 0 Å². The summed E-state index contributed by atoms with van der Waals surface area (Å²) in [6.45, 7) is 2.04. The number of rotatable bonds is 0. The van der Waals surface area contributed by atoms with E-state index in [1.807, 2.05) is 43.3 Å². The summed E-state index contributed by atoms with van der Waals surface area (Å²) >= 11 is 3.50. The fourth-order valence-electron chi connectivity index (χ4n) is 3.13. The smallest absolute Gasteiger partial charge is 0.174 e. The molecule has 4 heteroatoms. The van der Waals surface area contributed by atoms with Gasteiger partial charge in [-0.3, -0.25) is 0 Å². The van der Waals surface area contributed by atoms with Crippen molar-refractivity contribution in [2.45, 2.75) is 18.2 Å². The Morgan fingerprint density at radius 2 is 1.95 bits per heavy atom. The molecule has 2 aliphatic rings. The average Bonchev–Trinajstić information content (AvgIpc) is 2.74. The Hall–Kier alpha value is -1.52. The Labute approximate surface area is 119 Å². The van der Waals surface area contributed by atoms with Crippen LogP contribution in [-0.2, 0) is 11.3 Å². The first-order chi connectivity index (χ1) is 9.04. The van der Waals surface area contributed by atoms with Crippen LogP contribution in [0.15, 0.2) is 46.9 Å². The highest BCUT2D eigenvalue weighted by Crippen LogP contribution is 2.57. The van der Waals surface area contributed by atoms with Gasteiger partial charge in [0.15, 0.2) is 11.3 Å². The van der Waals surface area contributed by atoms with E-state index in [0.717, 1.165) is 27.0 Å². The molecule has 2 aliphatic heterocycles. The van der Waals surface area contributed by atoms with Gasteiger partial charge in [-0.15, -0.1) is 0 Å². The molecule has 3 N–H and O–H groups in total. The summed E-state index contributed by atoms with van der Waals surface area (Å²) in [6, 6.07) is 14.1. The normalized spacial score (nSPS) is 30.1. The number of ether oxygens (including phenoxy) is 1. The maximum atomic E-state index is 6.67. The molecule has 2 heterocycles. The second kappa shape index (κ2) is 3.32. The van der Waals surface area contributed by atoms with E-state index in [9.17, 15) is 0 Å². The summed E-state index contributed by atoms with van der Waals surface area (Å²) < 4.78 is 7.20. The monoisotopic (exact) mass is 316 g/mol. The maximum Gasteiger partial charge on any atom is 0.174 e. The van der Waals surface area contributed by atoms with Gasteiger partial charge in [0, 0.05) is 21.3 Å². The molecular formula is C15H13BrN2O. The molecule has 2 atom stereocenters. The van der Waals surface area contributed by atoms with Crippen LogP contribution in [0.5, 0.6) is 5.75 Å². The highest BCUT2D eigenvalue weighted by molar-refractivity contribution is 9.10. The zero-order valence-electron chi connectivity index (χ0n) is 10.4. The molecule has 0 radical (unpaired) electrons. The van der Waals surface area contributed by atoms with Gasteiger partial charge in [0.2, 0.25) is 0 Å². The molecule has 0 spiro atoms. The first-order valence-electron chi connectivity index (χ1n) is 6.20. The lowest BCUT2D eigenvalue weighted by Gasteiger charge is -2.33. The van der Waals surface area contributed by atoms with Gasteiger partial charge < -0.3 is 15.8 Å². The second-order valence-electron chi connectivity index (χ2n) is 5.25. The zero-order valence-corrected chi connectivity index (χ0v) is 12.0. The van der Waals surface area contributed by atoms with E-state index < -0.39 is 11.3 Å². The standard InChI is InChI=1S/C15H13BrN2O/c1-14-10-4-2-3-5-12(10)18-15(14,17)11-8-9(16)6-7-13(11)19-14/h2-8,18H,17H2,1H3/t14-,15-/m0/s1. The van der Waals surface area contributed by atoms with E-state index in [1.165, 1.54) is 0 Å². The van der Waals surface area contributed by atoms with Gasteiger partial charge in [0.25, 0.3) is 0 Å². The third kappa shape index (κ3) is 1.21. The van der Waals surface area contributed by atoms with Crippen LogP contribution in [0.2, 0.25) is 0 Å². The van der Waals surface area contributed by atoms with Crippen molar-refractivity contribution in [2.24, 2.45) is 5.73 Å². The summed E-state index contributed by atoms with van der Waals surface area (Å²) in [5.74, 6) is 0.843. The third-order valence-corrected chi connectivity index (χ3v) is 4.70. The van der Waals surface area contributed by atoms with Gasteiger partial charge in [0.1, 0.15) is 5.75 Å². The Morgan fingerprint density at radius 3 is 2.79 bits per heavy atom. The number of anilines is 1. The SMILES string of the molecule is C[C@@]12Oc3ccc(Br)cc3[C@]1(N)Nc1ccccc12. The van der Waals surface area contributed by atoms with Gasteiger partial charge in [-0.05, 0) is 31.2 Å². The lowest BCUT2D eigenvalue weighted by atomic mass is 9.84. The number of nitrogens with two attached hydrogens (primary N) is 1. The largest absolute Gasteiger partial charge is 0.478 e. The molecule has 96 valence electrons. The number of hydrogen-bond acceptors (Lipinski definition) is 3. The Bertz CT molecular complexity index is 702. The molecule has 0 fully saturated rings. The summed E-state index contributed by atoms with van der Waals surface area (Å²) in [7, 11) is 0. The molecule has 0 saturated heterocycles. The van der Waals surface area contributed by atoms with Crippen molar-refractivity contribution in [2.75, 3.05) is 5.32 Å². The van der Waals surface area contributed by atoms with E-state index in [0.29, 0.717) is 0 Å². The van der Waals surface area contributed by atoms with Crippen LogP contribution < -0.4 is 15.8 Å². The molecule has 0 unspecified atom stereocenters. The minimum Gasteiger partial charge on any atom is -0.478 e. The molecule has 0 bridgehead atoms. The van der Waals surface area contributed by atoms with E-state index in [4.69, 9.17) is 10.5 Å². The summed E-state index contributed by atoms with van der Waals surface area (Å²) in [5.41, 5.74) is 8.50. The van der Waals surface area contributed by atoms with E-state index in [-0.39, 0.29) is 0 Å². The van der Waals surface area contributed by atoms with Crippen LogP contribution in [0.4, 0.5) is 5.69 Å². The van der Waals surface area contributed by atoms with Crippen molar-refractivity contribution in [3.63, 3.8) is 0 Å². The number of nitrogens with one attached hydrogen (secondary N) is 1. The van der Waals surface area contributed by atoms with Crippen molar-refractivity contribution in [1.82, 2.24) is 0 Å². The third-order valence-electron chi connectivity index (χ3n) is 4.21. The fourth-order valence-corrected chi connectivity index (χ4v) is 3.49. The Kier molecular flexibility index (Phi) is 1.98. The summed E-state index contributed by atoms with van der Waals surface area (Å²) in [6.07, 6.45) is 0. The predicted molar refractivity (Wildman–Crippen MR) is 78.1 cm³/mol. The first kappa shape index (κ1) is 11.3. The fraction of sp³-hybridized carbons (Fsp3) is 0.200. The zero-order chi connectivity index (χ0) is 13.3. The van der Waals surface area contributed by atoms with Crippen LogP contribution in [0, 0.1) is 0 Å². The average molecular weight is 317 g/mol. The molecule has 2 aromatic rings. The van der Waals surface area contributed by atoms with Crippen LogP contribution >= 0.6 is 15.9 Å².